The minimum absolute atomic E-state index is 1.03. The molecule has 0 unspecified atom stereocenters. The third-order valence-corrected chi connectivity index (χ3v) is 5.75. The van der Waals surface area contributed by atoms with E-state index in [4.69, 9.17) is 11.7 Å². The van der Waals surface area contributed by atoms with Crippen LogP contribution in [0.4, 0.5) is 0 Å². The number of aromatic nitrogens is 2. The molecule has 134 valence electrons. The number of nitrogens with two attached hydrogens (primary N) is 2. The lowest BCUT2D eigenvalue weighted by atomic mass is 10.0. The predicted molar refractivity (Wildman–Crippen MR) is 118 cm³/mol. The summed E-state index contributed by atoms with van der Waals surface area (Å²) in [4.78, 5) is 0. The van der Waals surface area contributed by atoms with Crippen LogP contribution in [0.15, 0.2) is 84.9 Å². The third kappa shape index (κ3) is 1.89. The van der Waals surface area contributed by atoms with Crippen LogP contribution in [0.3, 0.4) is 0 Å². The van der Waals surface area contributed by atoms with Gasteiger partial charge >= 0.3 is 0 Å². The quantitative estimate of drug-likeness (QED) is 0.405. The van der Waals surface area contributed by atoms with Gasteiger partial charge in [-0.25, -0.2) is 0 Å². The maximum Gasteiger partial charge on any atom is 0.0704 e. The molecule has 0 radical (unpaired) electrons. The Labute approximate surface area is 161 Å². The molecule has 0 saturated heterocycles. The van der Waals surface area contributed by atoms with Crippen LogP contribution in [0, 0.1) is 0 Å². The molecular weight excluding hydrogens is 344 g/mol. The second-order valence-electron chi connectivity index (χ2n) is 7.24. The van der Waals surface area contributed by atoms with Gasteiger partial charge in [0.05, 0.1) is 22.1 Å². The van der Waals surface area contributed by atoms with Crippen molar-refractivity contribution < 1.29 is 0 Å². The van der Waals surface area contributed by atoms with E-state index >= 15 is 0 Å². The van der Waals surface area contributed by atoms with E-state index in [1.807, 2.05) is 12.1 Å². The highest BCUT2D eigenvalue weighted by Crippen LogP contribution is 2.34. The molecule has 0 amide bonds. The minimum Gasteiger partial charge on any atom is -0.339 e. The Bertz CT molecular complexity index is 1420. The van der Waals surface area contributed by atoms with Crippen LogP contribution in [0.1, 0.15) is 0 Å². The molecule has 0 atom stereocenters. The summed E-state index contributed by atoms with van der Waals surface area (Å²) < 4.78 is 3.53. The van der Waals surface area contributed by atoms with Crippen LogP contribution >= 0.6 is 0 Å². The lowest BCUT2D eigenvalue weighted by molar-refractivity contribution is 1.12. The van der Waals surface area contributed by atoms with E-state index < -0.39 is 0 Å². The van der Waals surface area contributed by atoms with Gasteiger partial charge in [0.15, 0.2) is 0 Å². The molecule has 4 heteroatoms. The number of para-hydroxylation sites is 2. The van der Waals surface area contributed by atoms with Gasteiger partial charge in [-0.2, -0.15) is 0 Å². The lowest BCUT2D eigenvalue weighted by Gasteiger charge is -2.05. The van der Waals surface area contributed by atoms with Crippen molar-refractivity contribution in [3.8, 4) is 11.1 Å². The van der Waals surface area contributed by atoms with Crippen molar-refractivity contribution in [3.05, 3.63) is 84.9 Å². The van der Waals surface area contributed by atoms with Gasteiger partial charge in [0.2, 0.25) is 0 Å². The molecular formula is C24H18N4. The largest absolute Gasteiger partial charge is 0.339 e. The van der Waals surface area contributed by atoms with Gasteiger partial charge in [-0.15, -0.1) is 0 Å². The average Bonchev–Trinajstić information content (AvgIpc) is 3.20. The van der Waals surface area contributed by atoms with E-state index in [2.05, 4.69) is 72.8 Å². The second kappa shape index (κ2) is 5.30. The molecule has 2 heterocycles. The fourth-order valence-corrected chi connectivity index (χ4v) is 4.37. The van der Waals surface area contributed by atoms with Crippen molar-refractivity contribution in [3.63, 3.8) is 0 Å². The van der Waals surface area contributed by atoms with Crippen LogP contribution in [-0.2, 0) is 0 Å². The molecule has 0 aliphatic carbocycles. The summed E-state index contributed by atoms with van der Waals surface area (Å²) in [5, 5.41) is 4.66. The Balaban J connectivity index is 1.63. The molecule has 0 saturated carbocycles. The van der Waals surface area contributed by atoms with Gasteiger partial charge in [0.1, 0.15) is 0 Å². The number of benzene rings is 4. The number of nitrogens with zero attached hydrogens (tertiary/aromatic N) is 2. The zero-order chi connectivity index (χ0) is 18.8. The number of rotatable bonds is 1. The van der Waals surface area contributed by atoms with Crippen molar-refractivity contribution >= 4 is 43.6 Å². The first-order valence-corrected chi connectivity index (χ1v) is 9.29. The van der Waals surface area contributed by atoms with E-state index in [1.54, 1.807) is 9.35 Å². The number of hydrogen-bond donors (Lipinski definition) is 2. The summed E-state index contributed by atoms with van der Waals surface area (Å²) in [5.41, 5.74) is 6.47. The second-order valence-corrected chi connectivity index (χ2v) is 7.24. The van der Waals surface area contributed by atoms with Crippen LogP contribution in [0.5, 0.6) is 0 Å². The van der Waals surface area contributed by atoms with Crippen molar-refractivity contribution in [1.29, 1.82) is 0 Å². The molecule has 0 fully saturated rings. The molecule has 4 nitrogen and oxygen atoms in total. The van der Waals surface area contributed by atoms with Crippen molar-refractivity contribution in [2.75, 3.05) is 11.7 Å². The zero-order valence-electron chi connectivity index (χ0n) is 15.1. The maximum atomic E-state index is 6.30. The first kappa shape index (κ1) is 15.2. The highest BCUT2D eigenvalue weighted by molar-refractivity contribution is 6.11. The van der Waals surface area contributed by atoms with Gasteiger partial charge < -0.3 is 11.7 Å². The highest BCUT2D eigenvalue weighted by Gasteiger charge is 2.12. The smallest absolute Gasteiger partial charge is 0.0704 e. The Morgan fingerprint density at radius 3 is 1.29 bits per heavy atom. The number of nitrogen functional groups attached to an aromatic ring is 2. The summed E-state index contributed by atoms with van der Waals surface area (Å²) in [6.45, 7) is 0. The molecule has 2 aromatic heterocycles. The first-order valence-electron chi connectivity index (χ1n) is 9.29. The molecule has 6 rings (SSSR count). The van der Waals surface area contributed by atoms with Gasteiger partial charge in [-0.05, 0) is 47.5 Å². The first-order chi connectivity index (χ1) is 13.7. The summed E-state index contributed by atoms with van der Waals surface area (Å²) in [6.07, 6.45) is 0. The Kier molecular flexibility index (Phi) is 2.87. The Hall–Kier alpha value is -3.92. The number of hydrogen-bond acceptors (Lipinski definition) is 2. The normalized spacial score (nSPS) is 11.9. The van der Waals surface area contributed by atoms with E-state index in [0.717, 1.165) is 32.8 Å². The summed E-state index contributed by atoms with van der Waals surface area (Å²) in [6, 6.07) is 29.4. The summed E-state index contributed by atoms with van der Waals surface area (Å²) in [5.74, 6) is 12.6. The van der Waals surface area contributed by atoms with Gasteiger partial charge in [-0.3, -0.25) is 9.35 Å². The average molecular weight is 362 g/mol. The van der Waals surface area contributed by atoms with Gasteiger partial charge in [0.25, 0.3) is 0 Å². The predicted octanol–water partition coefficient (Wildman–Crippen LogP) is 5.00. The maximum absolute atomic E-state index is 6.30. The van der Waals surface area contributed by atoms with Crippen LogP contribution in [-0.4, -0.2) is 9.35 Å². The monoisotopic (exact) mass is 362 g/mol. The topological polar surface area (TPSA) is 61.9 Å². The molecule has 0 spiro atoms. The van der Waals surface area contributed by atoms with E-state index in [1.165, 1.54) is 21.9 Å². The highest BCUT2D eigenvalue weighted by atomic mass is 15.3. The fourth-order valence-electron chi connectivity index (χ4n) is 4.37. The van der Waals surface area contributed by atoms with Crippen molar-refractivity contribution in [2.45, 2.75) is 0 Å². The molecule has 4 aromatic carbocycles. The molecule has 0 aliphatic heterocycles. The van der Waals surface area contributed by atoms with E-state index in [0.29, 0.717) is 0 Å². The van der Waals surface area contributed by atoms with Crippen LogP contribution in [0.25, 0.3) is 54.7 Å². The van der Waals surface area contributed by atoms with Gasteiger partial charge in [0, 0.05) is 21.5 Å². The molecule has 4 N–H and O–H groups in total. The molecule has 28 heavy (non-hydrogen) atoms. The Morgan fingerprint density at radius 1 is 0.429 bits per heavy atom. The Morgan fingerprint density at radius 2 is 0.821 bits per heavy atom. The zero-order valence-corrected chi connectivity index (χ0v) is 15.1. The minimum atomic E-state index is 1.03. The van der Waals surface area contributed by atoms with E-state index in [-0.39, 0.29) is 0 Å². The third-order valence-electron chi connectivity index (χ3n) is 5.75. The van der Waals surface area contributed by atoms with Gasteiger partial charge in [-0.1, -0.05) is 48.5 Å². The lowest BCUT2D eigenvalue weighted by Crippen LogP contribution is -2.06. The molecule has 0 bridgehead atoms. The van der Waals surface area contributed by atoms with Crippen molar-refractivity contribution in [1.82, 2.24) is 9.35 Å². The van der Waals surface area contributed by atoms with Crippen LogP contribution < -0.4 is 11.7 Å². The SMILES string of the molecule is Nn1c2ccccc2c2cc(-c3ccc4c(c3)c3ccccc3n4N)ccc21. The van der Waals surface area contributed by atoms with Crippen LogP contribution in [0.2, 0.25) is 0 Å². The molecule has 0 aliphatic rings. The van der Waals surface area contributed by atoms with E-state index in [9.17, 15) is 0 Å². The molecule has 6 aromatic rings. The fraction of sp³-hybridized carbons (Fsp3) is 0. The summed E-state index contributed by atoms with van der Waals surface area (Å²) >= 11 is 0. The standard InChI is InChI=1S/C24H18N4/c25-27-21-7-3-1-5-17(21)19-13-15(9-11-23(19)27)16-10-12-24-20(14-16)18-6-2-4-8-22(18)28(24)26/h1-14H,25-26H2. The number of fused-ring (bicyclic) bond motifs is 6. The van der Waals surface area contributed by atoms with Crippen molar-refractivity contribution in [2.24, 2.45) is 0 Å². The summed E-state index contributed by atoms with van der Waals surface area (Å²) in [7, 11) is 0.